The summed E-state index contributed by atoms with van der Waals surface area (Å²) in [5, 5.41) is 0. The zero-order valence-electron chi connectivity index (χ0n) is 17.5. The van der Waals surface area contributed by atoms with Crippen molar-refractivity contribution in [3.63, 3.8) is 0 Å². The van der Waals surface area contributed by atoms with Gasteiger partial charge in [0.2, 0.25) is 0 Å². The van der Waals surface area contributed by atoms with E-state index in [-0.39, 0.29) is 11.5 Å². The highest BCUT2D eigenvalue weighted by Crippen LogP contribution is 2.44. The highest BCUT2D eigenvalue weighted by atomic mass is 16.5. The smallest absolute Gasteiger partial charge is 0.254 e. The number of piperidine rings is 1. The predicted molar refractivity (Wildman–Crippen MR) is 115 cm³/mol. The summed E-state index contributed by atoms with van der Waals surface area (Å²) in [6.07, 6.45) is 3.66. The fourth-order valence-electron chi connectivity index (χ4n) is 4.31. The molecule has 2 aliphatic rings. The van der Waals surface area contributed by atoms with Gasteiger partial charge < -0.3 is 9.64 Å². The molecule has 1 amide bonds. The van der Waals surface area contributed by atoms with Gasteiger partial charge in [-0.15, -0.1) is 0 Å². The molecule has 0 radical (unpaired) electrons. The zero-order valence-corrected chi connectivity index (χ0v) is 17.5. The minimum absolute atomic E-state index is 0.128. The van der Waals surface area contributed by atoms with Crippen molar-refractivity contribution < 1.29 is 9.53 Å². The number of hydrogen-bond acceptors (Lipinski definition) is 2. The number of amides is 1. The number of carbonyl (C=O) groups is 1. The van der Waals surface area contributed by atoms with Gasteiger partial charge >= 0.3 is 0 Å². The first-order valence-corrected chi connectivity index (χ1v) is 10.4. The number of hydrogen-bond donors (Lipinski definition) is 0. The minimum atomic E-state index is -0.202. The Bertz CT molecular complexity index is 860. The highest BCUT2D eigenvalue weighted by molar-refractivity contribution is 6.19. The van der Waals surface area contributed by atoms with Gasteiger partial charge in [0.15, 0.2) is 0 Å². The molecule has 0 saturated carbocycles. The maximum absolute atomic E-state index is 13.1. The second-order valence-electron chi connectivity index (χ2n) is 7.25. The third kappa shape index (κ3) is 3.64. The Morgan fingerprint density at radius 3 is 2.36 bits per heavy atom. The lowest BCUT2D eigenvalue weighted by atomic mass is 9.83. The Labute approximate surface area is 169 Å². The fourth-order valence-corrected chi connectivity index (χ4v) is 4.31. The topological polar surface area (TPSA) is 29.5 Å². The average molecular weight is 378 g/mol. The number of carbonyl (C=O) groups excluding carboxylic acids is 1. The first kappa shape index (κ1) is 20.3. The van der Waals surface area contributed by atoms with Crippen LogP contribution >= 0.6 is 0 Å². The largest absolute Gasteiger partial charge is 0.365 e. The molecule has 0 bridgehead atoms. The Morgan fingerprint density at radius 1 is 1.04 bits per heavy atom. The summed E-state index contributed by atoms with van der Waals surface area (Å²) in [6, 6.07) is 16.6. The van der Waals surface area contributed by atoms with Gasteiger partial charge in [0.25, 0.3) is 5.91 Å². The molecule has 0 N–H and O–H groups in total. The lowest BCUT2D eigenvalue weighted by Crippen LogP contribution is -2.45. The van der Waals surface area contributed by atoms with Crippen LogP contribution in [0.15, 0.2) is 54.6 Å². The normalized spacial score (nSPS) is 17.7. The van der Waals surface area contributed by atoms with E-state index in [0.29, 0.717) is 6.61 Å². The minimum Gasteiger partial charge on any atom is -0.365 e. The third-order valence-electron chi connectivity index (χ3n) is 5.82. The molecule has 148 valence electrons. The number of nitrogens with zero attached hydrogens (tertiary/aromatic N) is 1. The first-order chi connectivity index (χ1) is 13.6. The monoisotopic (exact) mass is 377 g/mol. The van der Waals surface area contributed by atoms with Crippen LogP contribution in [0.25, 0.3) is 5.57 Å². The third-order valence-corrected chi connectivity index (χ3v) is 5.82. The molecule has 1 saturated heterocycles. The van der Waals surface area contributed by atoms with Crippen molar-refractivity contribution in [1.82, 2.24) is 4.90 Å². The van der Waals surface area contributed by atoms with Crippen LogP contribution in [0.2, 0.25) is 0 Å². The lowest BCUT2D eigenvalue weighted by Gasteiger charge is -2.39. The molecule has 1 fully saturated rings. The number of fused-ring (bicyclic) bond motifs is 2. The summed E-state index contributed by atoms with van der Waals surface area (Å²) in [7, 11) is 0. The van der Waals surface area contributed by atoms with Crippen LogP contribution in [-0.4, -0.2) is 23.9 Å². The number of rotatable bonds is 2. The maximum Gasteiger partial charge on any atom is 0.254 e. The number of allylic oxidation sites excluding steroid dienone is 1. The molecule has 2 aliphatic heterocycles. The molecule has 0 aromatic heterocycles. The molecule has 3 heteroatoms. The molecule has 2 aromatic carbocycles. The molecule has 0 aliphatic carbocycles. The molecule has 28 heavy (non-hydrogen) atoms. The van der Waals surface area contributed by atoms with E-state index in [1.54, 1.807) is 0 Å². The molecule has 2 heterocycles. The van der Waals surface area contributed by atoms with E-state index in [0.717, 1.165) is 42.6 Å². The summed E-state index contributed by atoms with van der Waals surface area (Å²) in [6.45, 7) is 10.2. The second kappa shape index (κ2) is 8.74. The highest BCUT2D eigenvalue weighted by Gasteiger charge is 2.43. The van der Waals surface area contributed by atoms with Crippen LogP contribution in [-0.2, 0) is 21.7 Å². The van der Waals surface area contributed by atoms with E-state index in [4.69, 9.17) is 4.74 Å². The van der Waals surface area contributed by atoms with Crippen LogP contribution in [0.3, 0.4) is 0 Å². The molecule has 0 unspecified atom stereocenters. The van der Waals surface area contributed by atoms with Crippen molar-refractivity contribution in [3.8, 4) is 0 Å². The van der Waals surface area contributed by atoms with Gasteiger partial charge in [-0.1, -0.05) is 68.5 Å². The van der Waals surface area contributed by atoms with E-state index in [9.17, 15) is 4.79 Å². The number of aryl methyl sites for hydroxylation is 1. The van der Waals surface area contributed by atoms with Crippen molar-refractivity contribution >= 4 is 11.5 Å². The van der Waals surface area contributed by atoms with Crippen LogP contribution in [0.1, 0.15) is 55.9 Å². The van der Waals surface area contributed by atoms with E-state index < -0.39 is 0 Å². The van der Waals surface area contributed by atoms with Crippen molar-refractivity contribution in [2.45, 2.75) is 52.7 Å². The second-order valence-corrected chi connectivity index (χ2v) is 7.25. The van der Waals surface area contributed by atoms with Crippen molar-refractivity contribution in [2.24, 2.45) is 0 Å². The zero-order chi connectivity index (χ0) is 20.1. The van der Waals surface area contributed by atoms with Gasteiger partial charge in [-0.25, -0.2) is 0 Å². The lowest BCUT2D eigenvalue weighted by molar-refractivity contribution is -0.132. The van der Waals surface area contributed by atoms with E-state index >= 15 is 0 Å². The Kier molecular flexibility index (Phi) is 6.35. The number of ether oxygens (including phenoxy) is 1. The van der Waals surface area contributed by atoms with Crippen molar-refractivity contribution in [1.29, 1.82) is 0 Å². The molecular weight excluding hydrogens is 346 g/mol. The van der Waals surface area contributed by atoms with Gasteiger partial charge in [-0.05, 0) is 48.9 Å². The molecule has 2 aromatic rings. The van der Waals surface area contributed by atoms with E-state index in [2.05, 4.69) is 37.3 Å². The molecule has 4 rings (SSSR count). The molecule has 1 spiro atoms. The van der Waals surface area contributed by atoms with Crippen molar-refractivity contribution in [3.05, 3.63) is 76.9 Å². The van der Waals surface area contributed by atoms with E-state index in [1.807, 2.05) is 49.9 Å². The number of benzene rings is 2. The van der Waals surface area contributed by atoms with Crippen LogP contribution < -0.4 is 0 Å². The Hall–Kier alpha value is -2.39. The van der Waals surface area contributed by atoms with Crippen LogP contribution in [0, 0.1) is 6.92 Å². The van der Waals surface area contributed by atoms with Crippen LogP contribution in [0.4, 0.5) is 0 Å². The van der Waals surface area contributed by atoms with Gasteiger partial charge in [-0.2, -0.15) is 0 Å². The summed E-state index contributed by atoms with van der Waals surface area (Å²) < 4.78 is 6.22. The molecule has 3 nitrogen and oxygen atoms in total. The summed E-state index contributed by atoms with van der Waals surface area (Å²) >= 11 is 0. The van der Waals surface area contributed by atoms with E-state index in [1.165, 1.54) is 11.1 Å². The predicted octanol–water partition coefficient (Wildman–Crippen LogP) is 5.47. The van der Waals surface area contributed by atoms with Gasteiger partial charge in [-0.3, -0.25) is 4.79 Å². The quantitative estimate of drug-likeness (QED) is 0.649. The average Bonchev–Trinajstić information content (AvgIpc) is 3.10. The first-order valence-electron chi connectivity index (χ1n) is 10.4. The summed E-state index contributed by atoms with van der Waals surface area (Å²) in [5.74, 6) is 0.128. The SMILES string of the molecule is C/C=C(/C(=O)N1CCC2(CC1)OCc1ccccc12)c1ccccc1C.CC. The van der Waals surface area contributed by atoms with Gasteiger partial charge in [0.05, 0.1) is 12.2 Å². The van der Waals surface area contributed by atoms with Gasteiger partial charge in [0, 0.05) is 18.7 Å². The molecular formula is C25H31NO2. The van der Waals surface area contributed by atoms with Crippen LogP contribution in [0.5, 0.6) is 0 Å². The summed E-state index contributed by atoms with van der Waals surface area (Å²) in [4.78, 5) is 15.1. The molecule has 0 atom stereocenters. The standard InChI is InChI=1S/C23H25NO2.C2H6/c1-3-19(20-10-6-4-8-17(20)2)22(25)24-14-12-23(13-15-24)21-11-7-5-9-18(21)16-26-23;1-2/h3-11H,12-16H2,1-2H3;1-2H3/b19-3+;. The Morgan fingerprint density at radius 2 is 1.68 bits per heavy atom. The number of likely N-dealkylation sites (tertiary alicyclic amines) is 1. The summed E-state index contributed by atoms with van der Waals surface area (Å²) in [5.41, 5.74) is 5.37. The maximum atomic E-state index is 13.1. The van der Waals surface area contributed by atoms with Gasteiger partial charge in [0.1, 0.15) is 0 Å². The fraction of sp³-hybridized carbons (Fsp3) is 0.400. The van der Waals surface area contributed by atoms with Crippen molar-refractivity contribution in [2.75, 3.05) is 13.1 Å². The Balaban J connectivity index is 0.00000109.